The second kappa shape index (κ2) is 15.0. The highest BCUT2D eigenvalue weighted by Gasteiger charge is 2.18. The van der Waals surface area contributed by atoms with Crippen LogP contribution < -0.4 is 10.1 Å². The Bertz CT molecular complexity index is 1230. The van der Waals surface area contributed by atoms with E-state index in [4.69, 9.17) is 21.1 Å². The van der Waals surface area contributed by atoms with Gasteiger partial charge in [-0.25, -0.2) is 13.2 Å². The summed E-state index contributed by atoms with van der Waals surface area (Å²) in [6.45, 7) is 3.00. The van der Waals surface area contributed by atoms with E-state index in [1.165, 1.54) is 24.3 Å². The van der Waals surface area contributed by atoms with Crippen LogP contribution in [0.15, 0.2) is 82.6 Å². The average molecular weight is 569 g/mol. The topological polar surface area (TPSA) is 102 Å². The van der Waals surface area contributed by atoms with Gasteiger partial charge in [-0.2, -0.15) is 0 Å². The van der Waals surface area contributed by atoms with Gasteiger partial charge in [-0.3, -0.25) is 0 Å². The first-order chi connectivity index (χ1) is 17.3. The normalized spacial score (nSPS) is 11.9. The number of hydrogen-bond acceptors (Lipinski definition) is 7. The van der Waals surface area contributed by atoms with Gasteiger partial charge in [-0.05, 0) is 79.0 Å². The zero-order chi connectivity index (χ0) is 26.0. The van der Waals surface area contributed by atoms with Crippen molar-refractivity contribution in [2.75, 3.05) is 26.3 Å². The molecule has 200 valence electrons. The second-order valence-electron chi connectivity index (χ2n) is 8.15. The maximum atomic E-state index is 13.0. The second-order valence-corrected chi connectivity index (χ2v) is 10.5. The van der Waals surface area contributed by atoms with Crippen LogP contribution in [-0.2, 0) is 25.8 Å². The van der Waals surface area contributed by atoms with Crippen LogP contribution in [0.25, 0.3) is 0 Å². The number of halogens is 2. The van der Waals surface area contributed by atoms with Gasteiger partial charge in [0.05, 0.1) is 22.5 Å². The minimum Gasteiger partial charge on any atom is -0.482 e. The molecule has 0 fully saturated rings. The van der Waals surface area contributed by atoms with Crippen LogP contribution in [0, 0.1) is 0 Å². The van der Waals surface area contributed by atoms with Crippen molar-refractivity contribution in [2.45, 2.75) is 35.7 Å². The molecule has 3 aromatic rings. The van der Waals surface area contributed by atoms with Crippen molar-refractivity contribution in [3.63, 3.8) is 0 Å². The van der Waals surface area contributed by atoms with Gasteiger partial charge in [-0.15, -0.1) is 12.4 Å². The lowest BCUT2D eigenvalue weighted by atomic mass is 10.1. The van der Waals surface area contributed by atoms with E-state index in [0.29, 0.717) is 36.9 Å². The van der Waals surface area contributed by atoms with E-state index in [1.807, 2.05) is 13.0 Å². The summed E-state index contributed by atoms with van der Waals surface area (Å²) in [6, 6.07) is 19.8. The lowest BCUT2D eigenvalue weighted by Gasteiger charge is -2.13. The average Bonchev–Trinajstić information content (AvgIpc) is 2.89. The number of ether oxygens (including phenoxy) is 2. The fourth-order valence-electron chi connectivity index (χ4n) is 3.39. The summed E-state index contributed by atoms with van der Waals surface area (Å²) in [7, 11) is -3.69. The number of sulfone groups is 1. The molecular weight excluding hydrogens is 537 g/mol. The smallest absolute Gasteiger partial charge is 0.344 e. The Morgan fingerprint density at radius 3 is 2.30 bits per heavy atom. The van der Waals surface area contributed by atoms with E-state index in [2.05, 4.69) is 5.32 Å². The van der Waals surface area contributed by atoms with Gasteiger partial charge >= 0.3 is 5.97 Å². The maximum Gasteiger partial charge on any atom is 0.344 e. The summed E-state index contributed by atoms with van der Waals surface area (Å²) in [5.41, 5.74) is 1.72. The van der Waals surface area contributed by atoms with Gasteiger partial charge < -0.3 is 19.9 Å². The van der Waals surface area contributed by atoms with Gasteiger partial charge in [0.2, 0.25) is 9.84 Å². The minimum absolute atomic E-state index is 0. The first kappa shape index (κ1) is 30.6. The molecule has 7 nitrogen and oxygen atoms in total. The van der Waals surface area contributed by atoms with E-state index in [1.54, 1.807) is 42.5 Å². The van der Waals surface area contributed by atoms with Crippen molar-refractivity contribution in [1.29, 1.82) is 0 Å². The molecule has 0 aliphatic heterocycles. The molecule has 0 aliphatic carbocycles. The molecule has 0 bridgehead atoms. The largest absolute Gasteiger partial charge is 0.482 e. The summed E-state index contributed by atoms with van der Waals surface area (Å²) in [6.07, 6.45) is 0.739. The number of nitrogens with one attached hydrogen (secondary N) is 1. The molecule has 0 unspecified atom stereocenters. The summed E-state index contributed by atoms with van der Waals surface area (Å²) in [4.78, 5) is 11.9. The van der Waals surface area contributed by atoms with Crippen molar-refractivity contribution >= 4 is 39.8 Å². The standard InChI is InChI=1S/C27H30ClNO6S.ClH/c1-2-16-34-27(31)19-35-23-8-12-25(13-9-23)36(32,33)24-10-6-20(7-11-24)14-15-29-18-26(30)21-4-3-5-22(28)17-21;/h3-13,17,26,29-30H,2,14-16,18-19H2,1H3;1H/t26-;/m0./s1. The van der Waals surface area contributed by atoms with Crippen molar-refractivity contribution in [1.82, 2.24) is 5.32 Å². The van der Waals surface area contributed by atoms with E-state index in [-0.39, 0.29) is 28.8 Å². The predicted molar refractivity (Wildman–Crippen MR) is 145 cm³/mol. The molecule has 0 heterocycles. The van der Waals surface area contributed by atoms with Crippen LogP contribution in [0.3, 0.4) is 0 Å². The number of benzene rings is 3. The van der Waals surface area contributed by atoms with E-state index in [9.17, 15) is 18.3 Å². The van der Waals surface area contributed by atoms with Crippen molar-refractivity contribution in [3.8, 4) is 5.75 Å². The molecule has 0 aliphatic rings. The molecule has 3 aromatic carbocycles. The molecule has 0 amide bonds. The monoisotopic (exact) mass is 567 g/mol. The highest BCUT2D eigenvalue weighted by molar-refractivity contribution is 7.91. The fraction of sp³-hybridized carbons (Fsp3) is 0.296. The Balaban J connectivity index is 0.00000481. The molecule has 10 heteroatoms. The molecule has 0 aromatic heterocycles. The Kier molecular flexibility index (Phi) is 12.4. The van der Waals surface area contributed by atoms with Gasteiger partial charge in [-0.1, -0.05) is 42.8 Å². The first-order valence-corrected chi connectivity index (χ1v) is 13.5. The Morgan fingerprint density at radius 1 is 1.03 bits per heavy atom. The Hall–Kier alpha value is -2.62. The van der Waals surface area contributed by atoms with E-state index in [0.717, 1.165) is 17.5 Å². The fourth-order valence-corrected chi connectivity index (χ4v) is 4.85. The molecule has 0 radical (unpaired) electrons. The van der Waals surface area contributed by atoms with Gasteiger partial charge in [0.15, 0.2) is 6.61 Å². The number of carbonyl (C=O) groups excluding carboxylic acids is 1. The molecular formula is C27H31Cl2NO6S. The third kappa shape index (κ3) is 9.32. The summed E-state index contributed by atoms with van der Waals surface area (Å²) >= 11 is 5.96. The third-order valence-electron chi connectivity index (χ3n) is 5.35. The molecule has 0 saturated carbocycles. The molecule has 3 rings (SSSR count). The zero-order valence-electron chi connectivity index (χ0n) is 20.4. The minimum atomic E-state index is -3.69. The van der Waals surface area contributed by atoms with E-state index < -0.39 is 21.9 Å². The van der Waals surface area contributed by atoms with Crippen LogP contribution in [-0.4, -0.2) is 45.8 Å². The zero-order valence-corrected chi connectivity index (χ0v) is 22.8. The van der Waals surface area contributed by atoms with Crippen LogP contribution in [0.5, 0.6) is 5.75 Å². The van der Waals surface area contributed by atoms with E-state index >= 15 is 0 Å². The summed E-state index contributed by atoms with van der Waals surface area (Å²) < 4.78 is 36.2. The van der Waals surface area contributed by atoms with Crippen LogP contribution in [0.1, 0.15) is 30.6 Å². The van der Waals surface area contributed by atoms with Crippen molar-refractivity contribution in [3.05, 3.63) is 88.9 Å². The summed E-state index contributed by atoms with van der Waals surface area (Å²) in [5.74, 6) is -0.0909. The summed E-state index contributed by atoms with van der Waals surface area (Å²) in [5, 5.41) is 14.0. The number of hydrogen-bond donors (Lipinski definition) is 2. The van der Waals surface area contributed by atoms with Crippen molar-refractivity contribution in [2.24, 2.45) is 0 Å². The molecule has 2 N–H and O–H groups in total. The number of rotatable bonds is 13. The Labute approximate surface area is 229 Å². The van der Waals surface area contributed by atoms with Crippen LogP contribution in [0.4, 0.5) is 0 Å². The lowest BCUT2D eigenvalue weighted by molar-refractivity contribution is -0.146. The Morgan fingerprint density at radius 2 is 1.68 bits per heavy atom. The number of aliphatic hydroxyl groups is 1. The first-order valence-electron chi connectivity index (χ1n) is 11.7. The highest BCUT2D eigenvalue weighted by atomic mass is 35.5. The number of aliphatic hydroxyl groups excluding tert-OH is 1. The highest BCUT2D eigenvalue weighted by Crippen LogP contribution is 2.24. The molecule has 0 saturated heterocycles. The quantitative estimate of drug-likeness (QED) is 0.226. The van der Waals surface area contributed by atoms with Gasteiger partial charge in [0.1, 0.15) is 5.75 Å². The SMILES string of the molecule is CCCOC(=O)COc1ccc(S(=O)(=O)c2ccc(CCNC[C@H](O)c3cccc(Cl)c3)cc2)cc1.Cl. The molecule has 37 heavy (non-hydrogen) atoms. The third-order valence-corrected chi connectivity index (χ3v) is 7.37. The molecule has 0 spiro atoms. The van der Waals surface area contributed by atoms with Crippen LogP contribution >= 0.6 is 24.0 Å². The van der Waals surface area contributed by atoms with Gasteiger partial charge in [0, 0.05) is 11.6 Å². The predicted octanol–water partition coefficient (Wildman–Crippen LogP) is 4.79. The van der Waals surface area contributed by atoms with Crippen LogP contribution in [0.2, 0.25) is 5.02 Å². The van der Waals surface area contributed by atoms with Gasteiger partial charge in [0.25, 0.3) is 0 Å². The maximum absolute atomic E-state index is 13.0. The van der Waals surface area contributed by atoms with Crippen molar-refractivity contribution < 1.29 is 27.8 Å². The number of esters is 1. The number of carbonyl (C=O) groups is 1. The lowest BCUT2D eigenvalue weighted by Crippen LogP contribution is -2.23. The molecule has 1 atom stereocenters.